The molecule has 25 heavy (non-hydrogen) atoms. The number of hydrogen-bond acceptors (Lipinski definition) is 6. The molecule has 8 nitrogen and oxygen atoms in total. The van der Waals surface area contributed by atoms with Gasteiger partial charge in [-0.3, -0.25) is 5.32 Å². The lowest BCUT2D eigenvalue weighted by Crippen LogP contribution is -2.44. The van der Waals surface area contributed by atoms with Gasteiger partial charge in [0.05, 0.1) is 27.4 Å². The number of methoxy groups -OCH3 is 2. The van der Waals surface area contributed by atoms with Gasteiger partial charge < -0.3 is 19.1 Å². The van der Waals surface area contributed by atoms with Crippen molar-refractivity contribution in [2.24, 2.45) is 0 Å². The Kier molecular flexibility index (Phi) is 5.30. The fourth-order valence-corrected chi connectivity index (χ4v) is 2.65. The molecule has 1 aromatic heterocycles. The van der Waals surface area contributed by atoms with Crippen LogP contribution in [0.1, 0.15) is 11.7 Å². The number of anilines is 1. The van der Waals surface area contributed by atoms with Gasteiger partial charge in [0.2, 0.25) is 0 Å². The van der Waals surface area contributed by atoms with Gasteiger partial charge in [0, 0.05) is 12.7 Å². The zero-order valence-electron chi connectivity index (χ0n) is 14.1. The Morgan fingerprint density at radius 3 is 2.84 bits per heavy atom. The minimum absolute atomic E-state index is 0.228. The highest BCUT2D eigenvalue weighted by molar-refractivity contribution is 5.88. The lowest BCUT2D eigenvalue weighted by Gasteiger charge is -2.33. The Balaban J connectivity index is 1.69. The molecule has 1 fully saturated rings. The lowest BCUT2D eigenvalue weighted by molar-refractivity contribution is -0.0136. The van der Waals surface area contributed by atoms with Crippen LogP contribution in [0.5, 0.6) is 11.5 Å². The molecule has 8 heteroatoms. The van der Waals surface area contributed by atoms with Gasteiger partial charge >= 0.3 is 6.03 Å². The Hall–Kier alpha value is -2.87. The zero-order chi connectivity index (χ0) is 17.6. The van der Waals surface area contributed by atoms with Gasteiger partial charge in [-0.15, -0.1) is 5.10 Å². The Morgan fingerprint density at radius 2 is 2.12 bits per heavy atom. The van der Waals surface area contributed by atoms with Crippen LogP contribution in [0.3, 0.4) is 0 Å². The smallest absolute Gasteiger partial charge is 0.323 e. The number of hydrogen-bond donors (Lipinski definition) is 1. The van der Waals surface area contributed by atoms with Crippen molar-refractivity contribution in [3.05, 3.63) is 42.1 Å². The topological polar surface area (TPSA) is 85.8 Å². The number of benzene rings is 1. The van der Waals surface area contributed by atoms with E-state index in [4.69, 9.17) is 14.2 Å². The molecule has 0 saturated carbocycles. The van der Waals surface area contributed by atoms with Crippen LogP contribution in [0.4, 0.5) is 10.6 Å². The van der Waals surface area contributed by atoms with E-state index in [9.17, 15) is 4.79 Å². The fraction of sp³-hybridized carbons (Fsp3) is 0.353. The van der Waals surface area contributed by atoms with Crippen LogP contribution in [0, 0.1) is 0 Å². The molecule has 0 bridgehead atoms. The molecule has 0 radical (unpaired) electrons. The molecule has 1 aromatic carbocycles. The largest absolute Gasteiger partial charge is 0.493 e. The number of aromatic nitrogens is 2. The van der Waals surface area contributed by atoms with Gasteiger partial charge in [-0.05, 0) is 29.8 Å². The van der Waals surface area contributed by atoms with E-state index in [0.717, 1.165) is 5.56 Å². The normalized spacial score (nSPS) is 17.0. The van der Waals surface area contributed by atoms with Crippen LogP contribution in [-0.2, 0) is 4.74 Å². The van der Waals surface area contributed by atoms with Gasteiger partial charge in [0.15, 0.2) is 17.3 Å². The van der Waals surface area contributed by atoms with Crippen molar-refractivity contribution in [1.82, 2.24) is 15.1 Å². The number of amides is 2. The van der Waals surface area contributed by atoms with Crippen LogP contribution in [0.25, 0.3) is 0 Å². The van der Waals surface area contributed by atoms with E-state index in [1.165, 1.54) is 0 Å². The molecule has 1 unspecified atom stereocenters. The van der Waals surface area contributed by atoms with E-state index >= 15 is 0 Å². The second-order valence-corrected chi connectivity index (χ2v) is 5.46. The first-order valence-electron chi connectivity index (χ1n) is 7.88. The van der Waals surface area contributed by atoms with Crippen molar-refractivity contribution >= 4 is 11.8 Å². The molecule has 1 atom stereocenters. The number of rotatable bonds is 4. The number of urea groups is 1. The van der Waals surface area contributed by atoms with E-state index in [0.29, 0.717) is 37.0 Å². The average molecular weight is 344 g/mol. The van der Waals surface area contributed by atoms with Crippen LogP contribution < -0.4 is 14.8 Å². The third-order valence-electron chi connectivity index (χ3n) is 3.94. The molecular weight excluding hydrogens is 324 g/mol. The van der Waals surface area contributed by atoms with Crippen molar-refractivity contribution in [1.29, 1.82) is 0 Å². The number of carbonyl (C=O) groups excluding carboxylic acids is 1. The first kappa shape index (κ1) is 17.0. The fourth-order valence-electron chi connectivity index (χ4n) is 2.65. The molecule has 1 N–H and O–H groups in total. The van der Waals surface area contributed by atoms with E-state index < -0.39 is 0 Å². The summed E-state index contributed by atoms with van der Waals surface area (Å²) in [6, 6.07) is 8.79. The van der Waals surface area contributed by atoms with Crippen LogP contribution in [-0.4, -0.2) is 55.0 Å². The zero-order valence-corrected chi connectivity index (χ0v) is 14.1. The summed E-state index contributed by atoms with van der Waals surface area (Å²) in [5.41, 5.74) is 0.926. The maximum absolute atomic E-state index is 12.4. The summed E-state index contributed by atoms with van der Waals surface area (Å²) in [6.07, 6.45) is 1.32. The molecule has 1 aliphatic heterocycles. The first-order valence-corrected chi connectivity index (χ1v) is 7.88. The maximum Gasteiger partial charge on any atom is 0.323 e. The molecule has 1 aliphatic rings. The Labute approximate surface area is 145 Å². The molecule has 0 aliphatic carbocycles. The predicted octanol–water partition coefficient (Wildman–Crippen LogP) is 2.10. The molecule has 3 rings (SSSR count). The first-order chi connectivity index (χ1) is 12.2. The maximum atomic E-state index is 12.4. The summed E-state index contributed by atoms with van der Waals surface area (Å²) >= 11 is 0. The molecule has 2 aromatic rings. The van der Waals surface area contributed by atoms with Gasteiger partial charge in [0.1, 0.15) is 6.10 Å². The highest BCUT2D eigenvalue weighted by Crippen LogP contribution is 2.32. The number of ether oxygens (including phenoxy) is 3. The number of nitrogens with zero attached hydrogens (tertiary/aromatic N) is 3. The number of morpholine rings is 1. The predicted molar refractivity (Wildman–Crippen MR) is 90.9 cm³/mol. The van der Waals surface area contributed by atoms with Crippen molar-refractivity contribution < 1.29 is 19.0 Å². The second kappa shape index (κ2) is 7.80. The second-order valence-electron chi connectivity index (χ2n) is 5.46. The third-order valence-corrected chi connectivity index (χ3v) is 3.94. The van der Waals surface area contributed by atoms with Crippen molar-refractivity contribution in [2.45, 2.75) is 6.10 Å². The highest BCUT2D eigenvalue weighted by Gasteiger charge is 2.26. The van der Waals surface area contributed by atoms with Crippen molar-refractivity contribution in [3.63, 3.8) is 0 Å². The van der Waals surface area contributed by atoms with Crippen molar-refractivity contribution in [2.75, 3.05) is 39.2 Å². The van der Waals surface area contributed by atoms with Gasteiger partial charge in [-0.25, -0.2) is 4.79 Å². The van der Waals surface area contributed by atoms with E-state index in [2.05, 4.69) is 15.5 Å². The quantitative estimate of drug-likeness (QED) is 0.914. The molecular formula is C17H20N4O4. The van der Waals surface area contributed by atoms with Crippen molar-refractivity contribution in [3.8, 4) is 11.5 Å². The number of nitrogens with one attached hydrogen (secondary N) is 1. The standard InChI is InChI=1S/C17H20N4O4/c1-23-13-6-5-12(10-14(13)24-2)15-11-21(8-9-25-15)17(22)19-16-4-3-7-18-20-16/h3-7,10,15H,8-9,11H2,1-2H3,(H,19,20,22). The summed E-state index contributed by atoms with van der Waals surface area (Å²) in [5, 5.41) is 10.3. The van der Waals surface area contributed by atoms with Crippen LogP contribution >= 0.6 is 0 Å². The monoisotopic (exact) mass is 344 g/mol. The molecule has 0 spiro atoms. The average Bonchev–Trinajstić information content (AvgIpc) is 2.68. The van der Waals surface area contributed by atoms with Gasteiger partial charge in [-0.1, -0.05) is 6.07 Å². The van der Waals surface area contributed by atoms with Gasteiger partial charge in [0.25, 0.3) is 0 Å². The minimum atomic E-state index is -0.235. The third kappa shape index (κ3) is 3.97. The molecule has 2 amide bonds. The van der Waals surface area contributed by atoms with E-state index in [1.54, 1.807) is 37.4 Å². The van der Waals surface area contributed by atoms with E-state index in [-0.39, 0.29) is 12.1 Å². The summed E-state index contributed by atoms with van der Waals surface area (Å²) in [7, 11) is 3.18. The van der Waals surface area contributed by atoms with Crippen LogP contribution in [0.15, 0.2) is 36.5 Å². The Bertz CT molecular complexity index is 726. The Morgan fingerprint density at radius 1 is 1.28 bits per heavy atom. The summed E-state index contributed by atoms with van der Waals surface area (Å²) < 4.78 is 16.4. The molecule has 132 valence electrons. The number of carbonyl (C=O) groups is 1. The summed E-state index contributed by atoms with van der Waals surface area (Å²) in [4.78, 5) is 14.1. The summed E-state index contributed by atoms with van der Waals surface area (Å²) in [5.74, 6) is 1.70. The summed E-state index contributed by atoms with van der Waals surface area (Å²) in [6.45, 7) is 1.39. The highest BCUT2D eigenvalue weighted by atomic mass is 16.5. The van der Waals surface area contributed by atoms with Gasteiger partial charge in [-0.2, -0.15) is 5.10 Å². The molecule has 1 saturated heterocycles. The lowest BCUT2D eigenvalue weighted by atomic mass is 10.1. The van der Waals surface area contributed by atoms with Crippen LogP contribution in [0.2, 0.25) is 0 Å². The van der Waals surface area contributed by atoms with E-state index in [1.807, 2.05) is 18.2 Å². The SMILES string of the molecule is COc1ccc(C2CN(C(=O)Nc3cccnn3)CCO2)cc1OC. The minimum Gasteiger partial charge on any atom is -0.493 e. The molecule has 2 heterocycles.